The van der Waals surface area contributed by atoms with Crippen LogP contribution in [0.3, 0.4) is 0 Å². The summed E-state index contributed by atoms with van der Waals surface area (Å²) in [4.78, 5) is 15.1. The van der Waals surface area contributed by atoms with Crippen LogP contribution in [0.1, 0.15) is 54.0 Å². The van der Waals surface area contributed by atoms with Gasteiger partial charge in [-0.05, 0) is 112 Å². The number of nitrogens with one attached hydrogen (secondary N) is 1. The van der Waals surface area contributed by atoms with E-state index in [2.05, 4.69) is 24.3 Å². The van der Waals surface area contributed by atoms with E-state index in [0.717, 1.165) is 36.8 Å². The van der Waals surface area contributed by atoms with Gasteiger partial charge in [0.15, 0.2) is 0 Å². The molecule has 1 aliphatic carbocycles. The predicted molar refractivity (Wildman–Crippen MR) is 179 cm³/mol. The first-order chi connectivity index (χ1) is 22.0. The molecule has 250 valence electrons. The number of amides is 1. The lowest BCUT2D eigenvalue weighted by atomic mass is 9.76. The van der Waals surface area contributed by atoms with Gasteiger partial charge < -0.3 is 19.7 Å². The van der Waals surface area contributed by atoms with Gasteiger partial charge in [-0.25, -0.2) is 12.8 Å². The largest absolute Gasteiger partial charge is 0.497 e. The quantitative estimate of drug-likeness (QED) is 0.206. The Labute approximate surface area is 273 Å². The van der Waals surface area contributed by atoms with Crippen LogP contribution < -0.4 is 10.1 Å². The number of rotatable bonds is 15. The summed E-state index contributed by atoms with van der Waals surface area (Å²) in [7, 11) is 1.82. The fourth-order valence-corrected chi connectivity index (χ4v) is 8.46. The molecule has 1 aliphatic rings. The van der Waals surface area contributed by atoms with Crippen molar-refractivity contribution in [2.24, 2.45) is 11.8 Å². The maximum atomic E-state index is 13.9. The van der Waals surface area contributed by atoms with Crippen molar-refractivity contribution >= 4 is 15.9 Å². The Morgan fingerprint density at radius 2 is 1.61 bits per heavy atom. The fourth-order valence-electron chi connectivity index (χ4n) is 6.64. The second-order valence-corrected chi connectivity index (χ2v) is 14.4. The summed E-state index contributed by atoms with van der Waals surface area (Å²) in [5.74, 6) is 1.03. The van der Waals surface area contributed by atoms with Gasteiger partial charge in [-0.2, -0.15) is 4.31 Å². The van der Waals surface area contributed by atoms with Crippen molar-refractivity contribution in [3.05, 3.63) is 94.8 Å². The number of hydrogen-bond donors (Lipinski definition) is 1. The number of carbonyl (C=O) groups is 1. The average molecular weight is 654 g/mol. The molecule has 0 bridgehead atoms. The number of sulfonamides is 1. The third kappa shape index (κ3) is 9.37. The normalized spacial score (nSPS) is 17.7. The fraction of sp³-hybridized carbons (Fsp3) is 0.472. The van der Waals surface area contributed by atoms with Crippen LogP contribution in [0.4, 0.5) is 4.39 Å². The first-order valence-corrected chi connectivity index (χ1v) is 17.4. The molecule has 1 N–H and O–H groups in total. The smallest absolute Gasteiger partial charge is 0.246 e. The highest BCUT2D eigenvalue weighted by atomic mass is 32.2. The summed E-state index contributed by atoms with van der Waals surface area (Å²) in [5.41, 5.74) is 3.20. The summed E-state index contributed by atoms with van der Waals surface area (Å²) in [5, 5.41) is 3.01. The summed E-state index contributed by atoms with van der Waals surface area (Å²) in [6.45, 7) is 4.34. The Morgan fingerprint density at radius 3 is 2.20 bits per heavy atom. The number of halogens is 1. The topological polar surface area (TPSA) is 88.2 Å². The predicted octanol–water partition coefficient (Wildman–Crippen LogP) is 5.88. The summed E-state index contributed by atoms with van der Waals surface area (Å²) in [6, 6.07) is 19.9. The Hall–Kier alpha value is -3.31. The molecule has 0 heterocycles. The Kier molecular flexibility index (Phi) is 12.7. The van der Waals surface area contributed by atoms with Gasteiger partial charge in [0.1, 0.15) is 18.2 Å². The van der Waals surface area contributed by atoms with Crippen LogP contribution in [-0.2, 0) is 26.1 Å². The summed E-state index contributed by atoms with van der Waals surface area (Å²) in [6.07, 6.45) is 4.09. The van der Waals surface area contributed by atoms with Crippen LogP contribution in [0.25, 0.3) is 0 Å². The Morgan fingerprint density at radius 1 is 0.978 bits per heavy atom. The molecule has 1 saturated carbocycles. The van der Waals surface area contributed by atoms with Crippen LogP contribution in [0, 0.1) is 31.5 Å². The van der Waals surface area contributed by atoms with Crippen molar-refractivity contribution in [1.82, 2.24) is 14.5 Å². The van der Waals surface area contributed by atoms with E-state index in [0.29, 0.717) is 35.3 Å². The second-order valence-electron chi connectivity index (χ2n) is 12.5. The number of carbonyl (C=O) groups excluding carboxylic acids is 1. The minimum absolute atomic E-state index is 0.0775. The molecule has 3 aromatic carbocycles. The molecule has 10 heteroatoms. The lowest BCUT2D eigenvalue weighted by molar-refractivity contribution is -0.126. The molecule has 0 spiro atoms. The first-order valence-electron chi connectivity index (χ1n) is 15.9. The maximum absolute atomic E-state index is 13.9. The zero-order valence-corrected chi connectivity index (χ0v) is 28.5. The third-order valence-corrected chi connectivity index (χ3v) is 11.0. The minimum Gasteiger partial charge on any atom is -0.497 e. The van der Waals surface area contributed by atoms with Crippen LogP contribution in [0.2, 0.25) is 0 Å². The van der Waals surface area contributed by atoms with E-state index in [1.807, 2.05) is 42.5 Å². The van der Waals surface area contributed by atoms with Crippen molar-refractivity contribution in [3.63, 3.8) is 0 Å². The molecule has 1 amide bonds. The third-order valence-electron chi connectivity index (χ3n) is 8.88. The van der Waals surface area contributed by atoms with Crippen LogP contribution in [0.15, 0.2) is 71.6 Å². The van der Waals surface area contributed by atoms with Gasteiger partial charge in [0.25, 0.3) is 0 Å². The zero-order chi connectivity index (χ0) is 33.3. The van der Waals surface area contributed by atoms with Crippen molar-refractivity contribution in [1.29, 1.82) is 0 Å². The molecule has 0 aromatic heterocycles. The highest BCUT2D eigenvalue weighted by molar-refractivity contribution is 7.89. The number of aryl methyl sites for hydroxylation is 2. The molecule has 8 nitrogen and oxygen atoms in total. The van der Waals surface area contributed by atoms with Crippen LogP contribution in [0.5, 0.6) is 5.75 Å². The maximum Gasteiger partial charge on any atom is 0.246 e. The summed E-state index contributed by atoms with van der Waals surface area (Å²) >= 11 is 0. The summed E-state index contributed by atoms with van der Waals surface area (Å²) < 4.78 is 53.7. The van der Waals surface area contributed by atoms with Gasteiger partial charge in [-0.15, -0.1) is 0 Å². The Balaban J connectivity index is 1.27. The minimum atomic E-state index is -3.87. The van der Waals surface area contributed by atoms with Gasteiger partial charge >= 0.3 is 0 Å². The van der Waals surface area contributed by atoms with E-state index in [9.17, 15) is 17.6 Å². The molecule has 46 heavy (non-hydrogen) atoms. The van der Waals surface area contributed by atoms with E-state index in [4.69, 9.17) is 9.47 Å². The zero-order valence-electron chi connectivity index (χ0n) is 27.7. The lowest BCUT2D eigenvalue weighted by Crippen LogP contribution is -2.37. The van der Waals surface area contributed by atoms with Gasteiger partial charge in [0.05, 0.1) is 18.6 Å². The molecule has 1 fully saturated rings. The van der Waals surface area contributed by atoms with E-state index in [-0.39, 0.29) is 49.0 Å². The molecular formula is C36H48FN3O5S. The number of methoxy groups -OCH3 is 1. The van der Waals surface area contributed by atoms with Gasteiger partial charge in [0.2, 0.25) is 15.9 Å². The van der Waals surface area contributed by atoms with E-state index in [1.165, 1.54) is 16.4 Å². The monoisotopic (exact) mass is 653 g/mol. The highest BCUT2D eigenvalue weighted by Crippen LogP contribution is 2.39. The lowest BCUT2D eigenvalue weighted by Gasteiger charge is -2.37. The number of benzene rings is 3. The van der Waals surface area contributed by atoms with Crippen molar-refractivity contribution in [2.45, 2.75) is 57.0 Å². The van der Waals surface area contributed by atoms with E-state index < -0.39 is 10.0 Å². The van der Waals surface area contributed by atoms with Crippen molar-refractivity contribution in [3.8, 4) is 5.75 Å². The van der Waals surface area contributed by atoms with Gasteiger partial charge in [-0.1, -0.05) is 42.5 Å². The average Bonchev–Trinajstić information content (AvgIpc) is 3.03. The van der Waals surface area contributed by atoms with Gasteiger partial charge in [0, 0.05) is 25.7 Å². The number of nitrogens with zero attached hydrogens (tertiary/aromatic N) is 2. The highest BCUT2D eigenvalue weighted by Gasteiger charge is 2.31. The molecular weight excluding hydrogens is 605 g/mol. The molecule has 1 unspecified atom stereocenters. The SMILES string of the molecule is COc1cc(C)c(S(=O)(=O)N(CCOCC(=O)NCC2CCC(C(c3ccc(F)cc3)N(C)C)CC2)Cc2ccccc2)c(C)c1. The molecule has 3 aromatic rings. The molecule has 0 aliphatic heterocycles. The first kappa shape index (κ1) is 35.5. The van der Waals surface area contributed by atoms with E-state index >= 15 is 0 Å². The van der Waals surface area contributed by atoms with E-state index in [1.54, 1.807) is 33.1 Å². The molecule has 1 atom stereocenters. The second kappa shape index (κ2) is 16.5. The molecule has 4 rings (SSSR count). The standard InChI is InChI=1S/C36H48FN3O5S/c1-26-21-33(44-5)22-27(2)36(26)46(42,43)40(24-29-9-7-6-8-10-29)19-20-45-25-34(41)38-23-28-11-13-30(14-12-28)35(39(3)4)31-15-17-32(37)18-16-31/h6-10,15-18,21-22,28,30,35H,11-14,19-20,23-25H2,1-5H3,(H,38,41). The van der Waals surface area contributed by atoms with Crippen LogP contribution in [-0.4, -0.2) is 71.0 Å². The van der Waals surface area contributed by atoms with Crippen LogP contribution >= 0.6 is 0 Å². The number of hydrogen-bond acceptors (Lipinski definition) is 6. The van der Waals surface area contributed by atoms with Crippen molar-refractivity contribution in [2.75, 3.05) is 47.5 Å². The Bertz CT molecular complexity index is 1500. The number of ether oxygens (including phenoxy) is 2. The molecule has 0 saturated heterocycles. The molecule has 0 radical (unpaired) electrons. The van der Waals surface area contributed by atoms with Crippen molar-refractivity contribution < 1.29 is 27.1 Å². The van der Waals surface area contributed by atoms with Gasteiger partial charge in [-0.3, -0.25) is 4.79 Å².